The number of hydrogen-bond donors (Lipinski definition) is 0. The molecule has 2 aromatic carbocycles. The Morgan fingerprint density at radius 1 is 1.05 bits per heavy atom. The first-order valence-corrected chi connectivity index (χ1v) is 5.98. The van der Waals surface area contributed by atoms with Crippen LogP contribution in [-0.4, -0.2) is 9.49 Å². The highest BCUT2D eigenvalue weighted by Gasteiger charge is 2.07. The minimum Gasteiger partial charge on any atom is -0.317 e. The maximum Gasteiger partial charge on any atom is 0.269 e. The monoisotopic (exact) mass is 252 g/mol. The van der Waals surface area contributed by atoms with Crippen LogP contribution in [0.4, 0.5) is 5.69 Å². The number of aromatic nitrogens is 1. The van der Waals surface area contributed by atoms with Gasteiger partial charge < -0.3 is 4.57 Å². The molecule has 0 saturated carbocycles. The van der Waals surface area contributed by atoms with Crippen molar-refractivity contribution < 1.29 is 4.92 Å². The summed E-state index contributed by atoms with van der Waals surface area (Å²) in [6.45, 7) is 2.07. The molecule has 4 heteroatoms. The molecule has 0 atom stereocenters. The van der Waals surface area contributed by atoms with Gasteiger partial charge in [-0.05, 0) is 36.8 Å². The highest BCUT2D eigenvalue weighted by molar-refractivity contribution is 5.85. The van der Waals surface area contributed by atoms with Crippen molar-refractivity contribution in [1.82, 2.24) is 4.57 Å². The van der Waals surface area contributed by atoms with Crippen LogP contribution in [0.15, 0.2) is 54.7 Å². The van der Waals surface area contributed by atoms with Gasteiger partial charge in [-0.1, -0.05) is 12.1 Å². The van der Waals surface area contributed by atoms with Crippen LogP contribution in [0.3, 0.4) is 0 Å². The van der Waals surface area contributed by atoms with Crippen molar-refractivity contribution in [1.29, 1.82) is 0 Å². The molecule has 4 nitrogen and oxygen atoms in total. The van der Waals surface area contributed by atoms with Crippen LogP contribution in [0.2, 0.25) is 0 Å². The van der Waals surface area contributed by atoms with Crippen LogP contribution in [0, 0.1) is 17.0 Å². The van der Waals surface area contributed by atoms with Crippen LogP contribution in [0.25, 0.3) is 16.6 Å². The molecule has 0 unspecified atom stereocenters. The van der Waals surface area contributed by atoms with E-state index in [9.17, 15) is 10.1 Å². The first-order valence-electron chi connectivity index (χ1n) is 5.98. The van der Waals surface area contributed by atoms with E-state index in [1.165, 1.54) is 23.1 Å². The predicted octanol–water partition coefficient (Wildman–Crippen LogP) is 3.85. The normalized spacial score (nSPS) is 10.8. The third-order valence-corrected chi connectivity index (χ3v) is 3.29. The minimum atomic E-state index is -0.387. The van der Waals surface area contributed by atoms with Crippen LogP contribution < -0.4 is 0 Å². The molecule has 0 amide bonds. The fourth-order valence-corrected chi connectivity index (χ4v) is 2.28. The fourth-order valence-electron chi connectivity index (χ4n) is 2.28. The summed E-state index contributed by atoms with van der Waals surface area (Å²) in [6, 6.07) is 14.8. The molecule has 1 aromatic heterocycles. The predicted molar refractivity (Wildman–Crippen MR) is 74.7 cm³/mol. The Bertz CT molecular complexity index is 757. The zero-order chi connectivity index (χ0) is 13.4. The van der Waals surface area contributed by atoms with Crippen molar-refractivity contribution in [3.05, 3.63) is 70.4 Å². The van der Waals surface area contributed by atoms with Gasteiger partial charge in [0.15, 0.2) is 0 Å². The fraction of sp³-hybridized carbons (Fsp3) is 0.0667. The van der Waals surface area contributed by atoms with Gasteiger partial charge in [0.2, 0.25) is 0 Å². The number of nitro benzene ring substituents is 1. The molecular formula is C15H12N2O2. The lowest BCUT2D eigenvalue weighted by atomic mass is 10.1. The molecule has 0 saturated heterocycles. The first kappa shape index (κ1) is 11.5. The van der Waals surface area contributed by atoms with Crippen molar-refractivity contribution in [2.24, 2.45) is 0 Å². The number of nitrogens with zero attached hydrogens (tertiary/aromatic N) is 2. The zero-order valence-corrected chi connectivity index (χ0v) is 10.4. The van der Waals surface area contributed by atoms with Crippen molar-refractivity contribution in [2.45, 2.75) is 6.92 Å². The van der Waals surface area contributed by atoms with Gasteiger partial charge in [0.25, 0.3) is 5.69 Å². The van der Waals surface area contributed by atoms with Gasteiger partial charge in [-0.2, -0.15) is 0 Å². The summed E-state index contributed by atoms with van der Waals surface area (Å²) in [5.41, 5.74) is 3.36. The van der Waals surface area contributed by atoms with E-state index in [-0.39, 0.29) is 10.6 Å². The van der Waals surface area contributed by atoms with E-state index in [2.05, 4.69) is 19.1 Å². The Kier molecular flexibility index (Phi) is 2.56. The summed E-state index contributed by atoms with van der Waals surface area (Å²) >= 11 is 0. The molecule has 0 aliphatic carbocycles. The van der Waals surface area contributed by atoms with Gasteiger partial charge in [0, 0.05) is 29.4 Å². The molecule has 0 spiro atoms. The molecule has 19 heavy (non-hydrogen) atoms. The Balaban J connectivity index is 2.14. The number of aryl methyl sites for hydroxylation is 1. The summed E-state index contributed by atoms with van der Waals surface area (Å²) in [6.07, 6.45) is 1.98. The van der Waals surface area contributed by atoms with E-state index < -0.39 is 0 Å². The van der Waals surface area contributed by atoms with Gasteiger partial charge in [0.05, 0.1) is 10.4 Å². The van der Waals surface area contributed by atoms with E-state index in [1.807, 2.05) is 22.9 Å². The summed E-state index contributed by atoms with van der Waals surface area (Å²) < 4.78 is 2.03. The average Bonchev–Trinajstić information content (AvgIpc) is 2.84. The second-order valence-corrected chi connectivity index (χ2v) is 4.47. The van der Waals surface area contributed by atoms with Crippen molar-refractivity contribution in [2.75, 3.05) is 0 Å². The van der Waals surface area contributed by atoms with Gasteiger partial charge in [-0.3, -0.25) is 10.1 Å². The third kappa shape index (κ3) is 1.87. The van der Waals surface area contributed by atoms with Crippen LogP contribution in [0.5, 0.6) is 0 Å². The Labute approximate surface area is 110 Å². The van der Waals surface area contributed by atoms with Crippen molar-refractivity contribution in [3.63, 3.8) is 0 Å². The topological polar surface area (TPSA) is 48.1 Å². The van der Waals surface area contributed by atoms with Crippen molar-refractivity contribution >= 4 is 16.6 Å². The molecule has 94 valence electrons. The SMILES string of the molecule is Cc1cccc2c1ccn2-c1ccc([N+](=O)[O-])cc1. The van der Waals surface area contributed by atoms with Gasteiger partial charge in [-0.25, -0.2) is 0 Å². The van der Waals surface area contributed by atoms with E-state index in [0.717, 1.165) is 11.2 Å². The van der Waals surface area contributed by atoms with Gasteiger partial charge >= 0.3 is 0 Å². The molecule has 3 aromatic rings. The van der Waals surface area contributed by atoms with Crippen LogP contribution in [-0.2, 0) is 0 Å². The summed E-state index contributed by atoms with van der Waals surface area (Å²) in [4.78, 5) is 10.3. The lowest BCUT2D eigenvalue weighted by Crippen LogP contribution is -1.93. The average molecular weight is 252 g/mol. The van der Waals surface area contributed by atoms with Gasteiger partial charge in [-0.15, -0.1) is 0 Å². The summed E-state index contributed by atoms with van der Waals surface area (Å²) in [7, 11) is 0. The molecule has 0 bridgehead atoms. The number of benzene rings is 2. The minimum absolute atomic E-state index is 0.108. The molecule has 0 aliphatic rings. The van der Waals surface area contributed by atoms with E-state index >= 15 is 0 Å². The quantitative estimate of drug-likeness (QED) is 0.513. The van der Waals surface area contributed by atoms with E-state index in [1.54, 1.807) is 12.1 Å². The lowest BCUT2D eigenvalue weighted by Gasteiger charge is -2.05. The van der Waals surface area contributed by atoms with E-state index in [0.29, 0.717) is 0 Å². The Morgan fingerprint density at radius 2 is 1.79 bits per heavy atom. The van der Waals surface area contributed by atoms with Crippen LogP contribution in [0.1, 0.15) is 5.56 Å². The molecule has 0 fully saturated rings. The third-order valence-electron chi connectivity index (χ3n) is 3.29. The second kappa shape index (κ2) is 4.24. The maximum absolute atomic E-state index is 10.7. The first-order chi connectivity index (χ1) is 9.16. The summed E-state index contributed by atoms with van der Waals surface area (Å²) in [5, 5.41) is 11.8. The number of non-ortho nitro benzene ring substituents is 1. The molecule has 0 aliphatic heterocycles. The molecule has 1 heterocycles. The Hall–Kier alpha value is -2.62. The maximum atomic E-state index is 10.7. The molecule has 0 N–H and O–H groups in total. The number of nitro groups is 1. The number of hydrogen-bond acceptors (Lipinski definition) is 2. The van der Waals surface area contributed by atoms with Crippen LogP contribution >= 0.6 is 0 Å². The zero-order valence-electron chi connectivity index (χ0n) is 10.4. The molecular weight excluding hydrogens is 240 g/mol. The highest BCUT2D eigenvalue weighted by Crippen LogP contribution is 2.24. The molecule has 0 radical (unpaired) electrons. The van der Waals surface area contributed by atoms with E-state index in [4.69, 9.17) is 0 Å². The Morgan fingerprint density at radius 3 is 2.47 bits per heavy atom. The largest absolute Gasteiger partial charge is 0.317 e. The number of rotatable bonds is 2. The molecule has 3 rings (SSSR count). The highest BCUT2D eigenvalue weighted by atomic mass is 16.6. The lowest BCUT2D eigenvalue weighted by molar-refractivity contribution is -0.384. The number of fused-ring (bicyclic) bond motifs is 1. The second-order valence-electron chi connectivity index (χ2n) is 4.47. The standard InChI is InChI=1S/C15H12N2O2/c1-11-3-2-4-15-14(11)9-10-16(15)12-5-7-13(8-6-12)17(18)19/h2-10H,1H3. The summed E-state index contributed by atoms with van der Waals surface area (Å²) in [5.74, 6) is 0. The smallest absolute Gasteiger partial charge is 0.269 e. The van der Waals surface area contributed by atoms with Gasteiger partial charge in [0.1, 0.15) is 0 Å². The van der Waals surface area contributed by atoms with Crippen molar-refractivity contribution in [3.8, 4) is 5.69 Å².